The smallest absolute Gasteiger partial charge is 0.0992 e. The van der Waals surface area contributed by atoms with Crippen LogP contribution in [0.5, 0.6) is 0 Å². The van der Waals surface area contributed by atoms with Gasteiger partial charge in [0, 0.05) is 10.6 Å². The van der Waals surface area contributed by atoms with Crippen LogP contribution in [0.15, 0.2) is 23.1 Å². The Morgan fingerprint density at radius 3 is 2.87 bits per heavy atom. The van der Waals surface area contributed by atoms with Gasteiger partial charge >= 0.3 is 0 Å². The number of nitrogens with zero attached hydrogens (tertiary/aromatic N) is 1. The van der Waals surface area contributed by atoms with Gasteiger partial charge in [-0.3, -0.25) is 0 Å². The molecule has 0 bridgehead atoms. The van der Waals surface area contributed by atoms with Crippen molar-refractivity contribution < 1.29 is 0 Å². The number of hydrogen-bond donors (Lipinski definition) is 1. The number of nitriles is 1. The topological polar surface area (TPSA) is 49.8 Å². The zero-order valence-corrected chi connectivity index (χ0v) is 9.81. The molecule has 0 aliphatic heterocycles. The Bertz CT molecular complexity index is 355. The summed E-state index contributed by atoms with van der Waals surface area (Å²) in [5, 5.41) is 8.76. The van der Waals surface area contributed by atoms with Crippen molar-refractivity contribution in [1.29, 1.82) is 5.26 Å². The van der Waals surface area contributed by atoms with Gasteiger partial charge in [0.15, 0.2) is 0 Å². The molecule has 15 heavy (non-hydrogen) atoms. The second kappa shape index (κ2) is 6.36. The highest BCUT2D eigenvalue weighted by molar-refractivity contribution is 7.99. The van der Waals surface area contributed by atoms with Gasteiger partial charge in [-0.2, -0.15) is 5.26 Å². The lowest BCUT2D eigenvalue weighted by Crippen LogP contribution is -1.90. The third kappa shape index (κ3) is 3.85. The summed E-state index contributed by atoms with van der Waals surface area (Å²) in [6, 6.07) is 7.56. The summed E-state index contributed by atoms with van der Waals surface area (Å²) in [6.45, 7) is 2.19. The van der Waals surface area contributed by atoms with Crippen LogP contribution in [0.3, 0.4) is 0 Å². The fourth-order valence-corrected chi connectivity index (χ4v) is 2.28. The molecule has 1 aromatic carbocycles. The second-order valence-electron chi connectivity index (χ2n) is 3.42. The van der Waals surface area contributed by atoms with Crippen LogP contribution in [0.2, 0.25) is 0 Å². The summed E-state index contributed by atoms with van der Waals surface area (Å²) in [4.78, 5) is 1.03. The van der Waals surface area contributed by atoms with Gasteiger partial charge in [-0.05, 0) is 30.4 Å². The monoisotopic (exact) mass is 220 g/mol. The van der Waals surface area contributed by atoms with Crippen molar-refractivity contribution in [2.45, 2.75) is 31.1 Å². The van der Waals surface area contributed by atoms with Crippen molar-refractivity contribution in [2.75, 3.05) is 11.5 Å². The molecule has 80 valence electrons. The van der Waals surface area contributed by atoms with E-state index in [1.54, 1.807) is 23.9 Å². The molecule has 0 spiro atoms. The molecular formula is C12H16N2S. The van der Waals surface area contributed by atoms with E-state index in [4.69, 9.17) is 11.0 Å². The van der Waals surface area contributed by atoms with Crippen LogP contribution in [0.1, 0.15) is 31.7 Å². The summed E-state index contributed by atoms with van der Waals surface area (Å²) in [6.07, 6.45) is 3.69. The molecule has 0 aliphatic rings. The third-order valence-electron chi connectivity index (χ3n) is 2.15. The first-order chi connectivity index (χ1) is 7.27. The Morgan fingerprint density at radius 1 is 1.40 bits per heavy atom. The normalized spacial score (nSPS) is 9.87. The molecule has 0 saturated heterocycles. The van der Waals surface area contributed by atoms with E-state index in [1.807, 2.05) is 6.07 Å². The molecule has 2 N–H and O–H groups in total. The van der Waals surface area contributed by atoms with Crippen LogP contribution in [-0.4, -0.2) is 5.75 Å². The Hall–Kier alpha value is -1.14. The number of nitrogen functional groups attached to an aromatic ring is 1. The van der Waals surface area contributed by atoms with E-state index >= 15 is 0 Å². The van der Waals surface area contributed by atoms with Crippen molar-refractivity contribution in [3.63, 3.8) is 0 Å². The van der Waals surface area contributed by atoms with E-state index < -0.39 is 0 Å². The number of rotatable bonds is 5. The van der Waals surface area contributed by atoms with Gasteiger partial charge in [0.1, 0.15) is 0 Å². The standard InChI is InChI=1S/C12H16N2S/c1-2-3-4-7-15-12-8-10(9-13)5-6-11(12)14/h5-6,8H,2-4,7,14H2,1H3. The second-order valence-corrected chi connectivity index (χ2v) is 4.56. The van der Waals surface area contributed by atoms with E-state index in [-0.39, 0.29) is 0 Å². The van der Waals surface area contributed by atoms with Crippen LogP contribution in [0.25, 0.3) is 0 Å². The van der Waals surface area contributed by atoms with Crippen LogP contribution in [-0.2, 0) is 0 Å². The molecule has 1 rings (SSSR count). The van der Waals surface area contributed by atoms with Gasteiger partial charge in [0.05, 0.1) is 11.6 Å². The van der Waals surface area contributed by atoms with E-state index in [0.29, 0.717) is 5.56 Å². The molecule has 0 fully saturated rings. The molecule has 3 heteroatoms. The molecule has 0 aliphatic carbocycles. The third-order valence-corrected chi connectivity index (χ3v) is 3.31. The lowest BCUT2D eigenvalue weighted by molar-refractivity contribution is 0.778. The van der Waals surface area contributed by atoms with Crippen LogP contribution < -0.4 is 5.73 Å². The predicted octanol–water partition coefficient (Wildman–Crippen LogP) is 3.42. The summed E-state index contributed by atoms with van der Waals surface area (Å²) < 4.78 is 0. The number of thioether (sulfide) groups is 1. The van der Waals surface area contributed by atoms with Crippen molar-refractivity contribution in [3.05, 3.63) is 23.8 Å². The maximum atomic E-state index is 8.76. The SMILES string of the molecule is CCCCCSc1cc(C#N)ccc1N. The summed E-state index contributed by atoms with van der Waals surface area (Å²) in [5.41, 5.74) is 7.28. The minimum Gasteiger partial charge on any atom is -0.398 e. The number of unbranched alkanes of at least 4 members (excludes halogenated alkanes) is 2. The maximum Gasteiger partial charge on any atom is 0.0992 e. The summed E-state index contributed by atoms with van der Waals surface area (Å²) in [7, 11) is 0. The van der Waals surface area contributed by atoms with Crippen molar-refractivity contribution in [1.82, 2.24) is 0 Å². The highest BCUT2D eigenvalue weighted by atomic mass is 32.2. The Morgan fingerprint density at radius 2 is 2.20 bits per heavy atom. The Balaban J connectivity index is 2.56. The van der Waals surface area contributed by atoms with Gasteiger partial charge < -0.3 is 5.73 Å². The molecule has 2 nitrogen and oxygen atoms in total. The minimum absolute atomic E-state index is 0.683. The molecule has 0 radical (unpaired) electrons. The molecule has 0 heterocycles. The molecule has 1 aromatic rings. The number of benzene rings is 1. The minimum atomic E-state index is 0.683. The quantitative estimate of drug-likeness (QED) is 0.470. The zero-order valence-electron chi connectivity index (χ0n) is 8.99. The first kappa shape index (κ1) is 11.9. The van der Waals surface area contributed by atoms with Crippen molar-refractivity contribution in [3.8, 4) is 6.07 Å². The number of nitrogens with two attached hydrogens (primary N) is 1. The molecule has 0 amide bonds. The van der Waals surface area contributed by atoms with Gasteiger partial charge in [0.25, 0.3) is 0 Å². The highest BCUT2D eigenvalue weighted by Gasteiger charge is 2.01. The number of anilines is 1. The van der Waals surface area contributed by atoms with Gasteiger partial charge in [-0.1, -0.05) is 19.8 Å². The number of hydrogen-bond acceptors (Lipinski definition) is 3. The average Bonchev–Trinajstić information content (AvgIpc) is 2.26. The molecule has 0 aromatic heterocycles. The zero-order chi connectivity index (χ0) is 11.1. The van der Waals surface area contributed by atoms with Crippen molar-refractivity contribution in [2.24, 2.45) is 0 Å². The summed E-state index contributed by atoms with van der Waals surface area (Å²) in [5.74, 6) is 1.08. The first-order valence-electron chi connectivity index (χ1n) is 5.20. The van der Waals surface area contributed by atoms with E-state index in [9.17, 15) is 0 Å². The lowest BCUT2D eigenvalue weighted by Gasteiger charge is -2.05. The molecule has 0 atom stereocenters. The van der Waals surface area contributed by atoms with Gasteiger partial charge in [-0.15, -0.1) is 11.8 Å². The summed E-state index contributed by atoms with van der Waals surface area (Å²) >= 11 is 1.74. The maximum absolute atomic E-state index is 8.76. The largest absolute Gasteiger partial charge is 0.398 e. The van der Waals surface area contributed by atoms with E-state index in [2.05, 4.69) is 13.0 Å². The molecule has 0 unspecified atom stereocenters. The van der Waals surface area contributed by atoms with Crippen molar-refractivity contribution >= 4 is 17.4 Å². The average molecular weight is 220 g/mol. The van der Waals surface area contributed by atoms with Crippen LogP contribution in [0.4, 0.5) is 5.69 Å². The van der Waals surface area contributed by atoms with E-state index in [1.165, 1.54) is 19.3 Å². The Labute approximate surface area is 95.5 Å². The highest BCUT2D eigenvalue weighted by Crippen LogP contribution is 2.26. The van der Waals surface area contributed by atoms with E-state index in [0.717, 1.165) is 16.3 Å². The lowest BCUT2D eigenvalue weighted by atomic mass is 10.2. The fourth-order valence-electron chi connectivity index (χ4n) is 1.26. The van der Waals surface area contributed by atoms with Crippen LogP contribution >= 0.6 is 11.8 Å². The van der Waals surface area contributed by atoms with Gasteiger partial charge in [-0.25, -0.2) is 0 Å². The molecular weight excluding hydrogens is 204 g/mol. The molecule has 0 saturated carbocycles. The van der Waals surface area contributed by atoms with Gasteiger partial charge in [0.2, 0.25) is 0 Å². The Kier molecular flexibility index (Phi) is 5.06. The van der Waals surface area contributed by atoms with Crippen LogP contribution in [0, 0.1) is 11.3 Å². The predicted molar refractivity (Wildman–Crippen MR) is 65.8 cm³/mol. The first-order valence-corrected chi connectivity index (χ1v) is 6.19. The fraction of sp³-hybridized carbons (Fsp3) is 0.417.